The van der Waals surface area contributed by atoms with Gasteiger partial charge in [0.2, 0.25) is 21.9 Å². The molecule has 0 bridgehead atoms. The number of hydrogen-bond acceptors (Lipinski definition) is 6. The van der Waals surface area contributed by atoms with Crippen molar-refractivity contribution in [1.29, 1.82) is 0 Å². The van der Waals surface area contributed by atoms with Gasteiger partial charge in [0.15, 0.2) is 0 Å². The lowest BCUT2D eigenvalue weighted by atomic mass is 10.1. The standard InChI is InChI=1S/C13H24N4O3S/c1-9(2)20-11-7-10(3)15-12(16-11)14-8-13(4,5)17-21(6,18)19/h7,9,17H,8H2,1-6H3,(H,14,15,16). The highest BCUT2D eigenvalue weighted by molar-refractivity contribution is 7.88. The van der Waals surface area contributed by atoms with E-state index in [1.165, 1.54) is 0 Å². The second-order valence-corrected chi connectivity index (χ2v) is 7.70. The summed E-state index contributed by atoms with van der Waals surface area (Å²) in [6.07, 6.45) is 1.16. The van der Waals surface area contributed by atoms with Gasteiger partial charge in [-0.2, -0.15) is 4.98 Å². The van der Waals surface area contributed by atoms with Gasteiger partial charge in [-0.05, 0) is 34.6 Å². The van der Waals surface area contributed by atoms with Crippen LogP contribution in [0.4, 0.5) is 5.95 Å². The Bertz CT molecular complexity index is 585. The maximum atomic E-state index is 11.3. The van der Waals surface area contributed by atoms with Crippen LogP contribution in [0.1, 0.15) is 33.4 Å². The van der Waals surface area contributed by atoms with E-state index in [2.05, 4.69) is 20.0 Å². The molecule has 0 amide bonds. The molecule has 1 rings (SSSR count). The van der Waals surface area contributed by atoms with E-state index >= 15 is 0 Å². The van der Waals surface area contributed by atoms with Crippen LogP contribution in [0, 0.1) is 6.92 Å². The smallest absolute Gasteiger partial charge is 0.226 e. The van der Waals surface area contributed by atoms with Crippen LogP contribution >= 0.6 is 0 Å². The number of nitrogens with one attached hydrogen (secondary N) is 2. The van der Waals surface area contributed by atoms with Gasteiger partial charge in [0.1, 0.15) is 0 Å². The third-order valence-corrected chi connectivity index (χ3v) is 3.26. The zero-order chi connectivity index (χ0) is 16.3. The predicted molar refractivity (Wildman–Crippen MR) is 83.1 cm³/mol. The molecule has 0 aliphatic heterocycles. The second-order valence-electron chi connectivity index (χ2n) is 5.95. The van der Waals surface area contributed by atoms with Crippen LogP contribution < -0.4 is 14.8 Å². The maximum absolute atomic E-state index is 11.3. The number of ether oxygens (including phenoxy) is 1. The Morgan fingerprint density at radius 1 is 1.33 bits per heavy atom. The minimum Gasteiger partial charge on any atom is -0.475 e. The van der Waals surface area contributed by atoms with Crippen LogP contribution in [0.15, 0.2) is 6.07 Å². The molecule has 0 saturated carbocycles. The monoisotopic (exact) mass is 316 g/mol. The Balaban J connectivity index is 2.77. The molecule has 0 radical (unpaired) electrons. The van der Waals surface area contributed by atoms with Gasteiger partial charge in [-0.25, -0.2) is 18.1 Å². The molecule has 1 heterocycles. The molecule has 0 aliphatic carbocycles. The average Bonchev–Trinajstić information content (AvgIpc) is 2.21. The Morgan fingerprint density at radius 3 is 2.48 bits per heavy atom. The molecule has 0 saturated heterocycles. The maximum Gasteiger partial charge on any atom is 0.226 e. The molecule has 8 heteroatoms. The minimum atomic E-state index is -3.27. The topological polar surface area (TPSA) is 93.2 Å². The molecule has 7 nitrogen and oxygen atoms in total. The van der Waals surface area contributed by atoms with Gasteiger partial charge < -0.3 is 10.1 Å². The van der Waals surface area contributed by atoms with Crippen molar-refractivity contribution >= 4 is 16.0 Å². The number of hydrogen-bond donors (Lipinski definition) is 2. The van der Waals surface area contributed by atoms with Crippen molar-refractivity contribution in [3.63, 3.8) is 0 Å². The Hall–Kier alpha value is -1.41. The number of anilines is 1. The summed E-state index contributed by atoms with van der Waals surface area (Å²) in [5.41, 5.74) is 0.122. The molecule has 0 aromatic carbocycles. The number of rotatable bonds is 7. The predicted octanol–water partition coefficient (Wildman–Crippen LogP) is 1.31. The van der Waals surface area contributed by atoms with Crippen LogP contribution in [0.5, 0.6) is 5.88 Å². The van der Waals surface area contributed by atoms with E-state index in [-0.39, 0.29) is 6.10 Å². The fraction of sp³-hybridized carbons (Fsp3) is 0.692. The number of aromatic nitrogens is 2. The third kappa shape index (κ3) is 7.24. The van der Waals surface area contributed by atoms with Crippen molar-refractivity contribution in [2.45, 2.75) is 46.3 Å². The van der Waals surface area contributed by atoms with E-state index in [1.54, 1.807) is 19.9 Å². The molecule has 0 unspecified atom stereocenters. The quantitative estimate of drug-likeness (QED) is 0.788. The molecule has 0 atom stereocenters. The SMILES string of the molecule is Cc1cc(OC(C)C)nc(NCC(C)(C)NS(C)(=O)=O)n1. The van der Waals surface area contributed by atoms with Crippen molar-refractivity contribution in [3.8, 4) is 5.88 Å². The van der Waals surface area contributed by atoms with Crippen molar-refractivity contribution in [1.82, 2.24) is 14.7 Å². The van der Waals surface area contributed by atoms with Gasteiger partial charge in [0.05, 0.1) is 12.4 Å². The van der Waals surface area contributed by atoms with Crippen LogP contribution in [0.3, 0.4) is 0 Å². The van der Waals surface area contributed by atoms with E-state index in [4.69, 9.17) is 4.74 Å². The van der Waals surface area contributed by atoms with Crippen molar-refractivity contribution in [2.75, 3.05) is 18.1 Å². The number of sulfonamides is 1. The van der Waals surface area contributed by atoms with Gasteiger partial charge in [0, 0.05) is 23.8 Å². The van der Waals surface area contributed by atoms with Crippen molar-refractivity contribution in [3.05, 3.63) is 11.8 Å². The van der Waals surface area contributed by atoms with Gasteiger partial charge in [-0.3, -0.25) is 0 Å². The number of aryl methyl sites for hydroxylation is 1. The molecule has 2 N–H and O–H groups in total. The zero-order valence-corrected chi connectivity index (χ0v) is 14.2. The molecule has 1 aromatic heterocycles. The van der Waals surface area contributed by atoms with Crippen LogP contribution in [-0.4, -0.2) is 42.8 Å². The van der Waals surface area contributed by atoms with E-state index in [1.807, 2.05) is 20.8 Å². The van der Waals surface area contributed by atoms with Gasteiger partial charge >= 0.3 is 0 Å². The molecule has 120 valence electrons. The summed E-state index contributed by atoms with van der Waals surface area (Å²) in [6.45, 7) is 9.60. The summed E-state index contributed by atoms with van der Waals surface area (Å²) in [6, 6.07) is 1.76. The molecule has 0 spiro atoms. The Morgan fingerprint density at radius 2 is 1.95 bits per heavy atom. The fourth-order valence-electron chi connectivity index (χ4n) is 1.76. The number of nitrogens with zero attached hydrogens (tertiary/aromatic N) is 2. The lowest BCUT2D eigenvalue weighted by Gasteiger charge is -2.25. The molecule has 0 fully saturated rings. The summed E-state index contributed by atoms with van der Waals surface area (Å²) in [5.74, 6) is 0.905. The first-order chi connectivity index (χ1) is 9.47. The van der Waals surface area contributed by atoms with Gasteiger partial charge in [-0.1, -0.05) is 0 Å². The van der Waals surface area contributed by atoms with Crippen LogP contribution in [0.25, 0.3) is 0 Å². The van der Waals surface area contributed by atoms with E-state index in [0.717, 1.165) is 11.9 Å². The summed E-state index contributed by atoms with van der Waals surface area (Å²) < 4.78 is 30.7. The molecule has 0 aliphatic rings. The van der Waals surface area contributed by atoms with Gasteiger partial charge in [-0.15, -0.1) is 0 Å². The van der Waals surface area contributed by atoms with Crippen molar-refractivity contribution < 1.29 is 13.2 Å². The van der Waals surface area contributed by atoms with Gasteiger partial charge in [0.25, 0.3) is 0 Å². The minimum absolute atomic E-state index is 0.0236. The first-order valence-electron chi connectivity index (χ1n) is 6.72. The van der Waals surface area contributed by atoms with E-state index < -0.39 is 15.6 Å². The molecular formula is C13H24N4O3S. The van der Waals surface area contributed by atoms with E-state index in [0.29, 0.717) is 18.4 Å². The molecular weight excluding hydrogens is 292 g/mol. The van der Waals surface area contributed by atoms with Crippen molar-refractivity contribution in [2.24, 2.45) is 0 Å². The highest BCUT2D eigenvalue weighted by Gasteiger charge is 2.22. The van der Waals surface area contributed by atoms with Crippen LogP contribution in [-0.2, 0) is 10.0 Å². The zero-order valence-electron chi connectivity index (χ0n) is 13.4. The fourth-order valence-corrected chi connectivity index (χ4v) is 2.83. The Labute approximate surface area is 126 Å². The first-order valence-corrected chi connectivity index (χ1v) is 8.61. The normalized spacial score (nSPS) is 12.5. The first kappa shape index (κ1) is 17.6. The average molecular weight is 316 g/mol. The molecule has 21 heavy (non-hydrogen) atoms. The highest BCUT2D eigenvalue weighted by atomic mass is 32.2. The van der Waals surface area contributed by atoms with Crippen LogP contribution in [0.2, 0.25) is 0 Å². The third-order valence-electron chi connectivity index (χ3n) is 2.34. The summed E-state index contributed by atoms with van der Waals surface area (Å²) in [7, 11) is -3.27. The lowest BCUT2D eigenvalue weighted by Crippen LogP contribution is -2.48. The van der Waals surface area contributed by atoms with E-state index in [9.17, 15) is 8.42 Å². The summed E-state index contributed by atoms with van der Waals surface area (Å²) in [5, 5.41) is 3.03. The highest BCUT2D eigenvalue weighted by Crippen LogP contribution is 2.14. The largest absolute Gasteiger partial charge is 0.475 e. The Kier molecular flexibility index (Phi) is 5.52. The molecule has 1 aromatic rings. The second kappa shape index (κ2) is 6.57. The summed E-state index contributed by atoms with van der Waals surface area (Å²) in [4.78, 5) is 8.51. The summed E-state index contributed by atoms with van der Waals surface area (Å²) >= 11 is 0. The lowest BCUT2D eigenvalue weighted by molar-refractivity contribution is 0.232.